The van der Waals surface area contributed by atoms with Crippen LogP contribution in [-0.4, -0.2) is 16.7 Å². The Morgan fingerprint density at radius 2 is 2.21 bits per heavy atom. The normalized spacial score (nSPS) is 13.8. The summed E-state index contributed by atoms with van der Waals surface area (Å²) in [5.74, 6) is 0. The molecule has 1 aliphatic rings. The number of hydrogen-bond donors (Lipinski definition) is 2. The van der Waals surface area contributed by atoms with Crippen LogP contribution in [0.1, 0.15) is 31.2 Å². The highest BCUT2D eigenvalue weighted by Crippen LogP contribution is 2.32. The number of aromatic amines is 1. The second-order valence-electron chi connectivity index (χ2n) is 4.62. The highest BCUT2D eigenvalue weighted by molar-refractivity contribution is 6.33. The maximum atomic E-state index is 6.37. The van der Waals surface area contributed by atoms with Crippen LogP contribution in [-0.2, 0) is 19.4 Å². The highest BCUT2D eigenvalue weighted by Gasteiger charge is 2.19. The molecule has 0 saturated heterocycles. The lowest BCUT2D eigenvalue weighted by atomic mass is 10.0. The van der Waals surface area contributed by atoms with Gasteiger partial charge in [-0.1, -0.05) is 38.1 Å². The number of hydrogen-bond acceptors (Lipinski definition) is 2. The van der Waals surface area contributed by atoms with E-state index in [0.717, 1.165) is 42.2 Å². The van der Waals surface area contributed by atoms with Gasteiger partial charge in [-0.15, -0.1) is 0 Å². The fourth-order valence-electron chi connectivity index (χ4n) is 2.42. The van der Waals surface area contributed by atoms with Crippen molar-refractivity contribution in [2.24, 2.45) is 0 Å². The fraction of sp³-hybridized carbons (Fsp3) is 0.400. The Morgan fingerprint density at radius 1 is 1.37 bits per heavy atom. The SMILES string of the molecule is C.CCc1ccc(-c2n[nH]c3c2CNCC3)c(Cl)c1. The molecule has 0 unspecified atom stereocenters. The van der Waals surface area contributed by atoms with Gasteiger partial charge < -0.3 is 5.32 Å². The summed E-state index contributed by atoms with van der Waals surface area (Å²) < 4.78 is 0. The van der Waals surface area contributed by atoms with Crippen LogP contribution in [0.2, 0.25) is 5.02 Å². The van der Waals surface area contributed by atoms with Crippen molar-refractivity contribution in [3.63, 3.8) is 0 Å². The first-order valence-electron chi connectivity index (χ1n) is 6.35. The van der Waals surface area contributed by atoms with E-state index in [1.165, 1.54) is 16.8 Å². The van der Waals surface area contributed by atoms with Gasteiger partial charge in [0.25, 0.3) is 0 Å². The molecule has 3 nitrogen and oxygen atoms in total. The first kappa shape index (κ1) is 14.1. The zero-order valence-electron chi connectivity index (χ0n) is 10.4. The molecule has 0 saturated carbocycles. The van der Waals surface area contributed by atoms with E-state index < -0.39 is 0 Å². The zero-order chi connectivity index (χ0) is 12.5. The van der Waals surface area contributed by atoms with Gasteiger partial charge in [0.05, 0.1) is 10.7 Å². The third-order valence-electron chi connectivity index (χ3n) is 3.50. The van der Waals surface area contributed by atoms with Gasteiger partial charge in [0.15, 0.2) is 0 Å². The number of rotatable bonds is 2. The van der Waals surface area contributed by atoms with Crippen LogP contribution in [0, 0.1) is 0 Å². The maximum Gasteiger partial charge on any atom is 0.0983 e. The molecule has 0 spiro atoms. The lowest BCUT2D eigenvalue weighted by Crippen LogP contribution is -2.23. The van der Waals surface area contributed by atoms with Crippen molar-refractivity contribution in [3.8, 4) is 11.3 Å². The van der Waals surface area contributed by atoms with Gasteiger partial charge in [-0.2, -0.15) is 5.10 Å². The monoisotopic (exact) mass is 277 g/mol. The maximum absolute atomic E-state index is 6.37. The van der Waals surface area contributed by atoms with E-state index in [2.05, 4.69) is 34.6 Å². The Hall–Kier alpha value is -1.32. The molecule has 4 heteroatoms. The second-order valence-corrected chi connectivity index (χ2v) is 5.03. The van der Waals surface area contributed by atoms with Crippen molar-refractivity contribution in [3.05, 3.63) is 40.0 Å². The van der Waals surface area contributed by atoms with Crippen LogP contribution >= 0.6 is 11.6 Å². The predicted octanol–water partition coefficient (Wildman–Crippen LogP) is 3.57. The number of aryl methyl sites for hydroxylation is 1. The molecule has 0 amide bonds. The van der Waals surface area contributed by atoms with Gasteiger partial charge >= 0.3 is 0 Å². The van der Waals surface area contributed by atoms with Crippen LogP contribution in [0.25, 0.3) is 11.3 Å². The number of nitrogens with zero attached hydrogens (tertiary/aromatic N) is 1. The average molecular weight is 278 g/mol. The molecule has 0 bridgehead atoms. The third-order valence-corrected chi connectivity index (χ3v) is 3.82. The summed E-state index contributed by atoms with van der Waals surface area (Å²) in [6, 6.07) is 6.24. The lowest BCUT2D eigenvalue weighted by Gasteiger charge is -2.13. The summed E-state index contributed by atoms with van der Waals surface area (Å²) in [7, 11) is 0. The van der Waals surface area contributed by atoms with Crippen molar-refractivity contribution >= 4 is 11.6 Å². The molecule has 2 N–H and O–H groups in total. The van der Waals surface area contributed by atoms with Gasteiger partial charge in [-0.25, -0.2) is 0 Å². The van der Waals surface area contributed by atoms with E-state index in [-0.39, 0.29) is 7.43 Å². The Labute approximate surface area is 119 Å². The fourth-order valence-corrected chi connectivity index (χ4v) is 2.71. The lowest BCUT2D eigenvalue weighted by molar-refractivity contribution is 0.637. The Morgan fingerprint density at radius 3 is 2.95 bits per heavy atom. The van der Waals surface area contributed by atoms with Crippen molar-refractivity contribution < 1.29 is 0 Å². The van der Waals surface area contributed by atoms with Crippen LogP contribution in [0.5, 0.6) is 0 Å². The van der Waals surface area contributed by atoms with E-state index >= 15 is 0 Å². The molecule has 1 aromatic carbocycles. The van der Waals surface area contributed by atoms with Gasteiger partial charge in [0.1, 0.15) is 0 Å². The molecule has 2 aromatic rings. The molecule has 0 aliphatic carbocycles. The highest BCUT2D eigenvalue weighted by atomic mass is 35.5. The van der Waals surface area contributed by atoms with E-state index in [0.29, 0.717) is 0 Å². The van der Waals surface area contributed by atoms with E-state index in [1.807, 2.05) is 6.07 Å². The molecule has 1 aromatic heterocycles. The van der Waals surface area contributed by atoms with Crippen molar-refractivity contribution in [2.75, 3.05) is 6.54 Å². The van der Waals surface area contributed by atoms with Crippen LogP contribution in [0.4, 0.5) is 0 Å². The van der Waals surface area contributed by atoms with Gasteiger partial charge in [0.2, 0.25) is 0 Å². The first-order valence-corrected chi connectivity index (χ1v) is 6.73. The Balaban J connectivity index is 0.00000133. The van der Waals surface area contributed by atoms with Gasteiger partial charge in [-0.3, -0.25) is 5.10 Å². The third kappa shape index (κ3) is 2.53. The molecule has 19 heavy (non-hydrogen) atoms. The zero-order valence-corrected chi connectivity index (χ0v) is 11.1. The minimum Gasteiger partial charge on any atom is -0.312 e. The Kier molecular flexibility index (Phi) is 4.27. The molecule has 2 heterocycles. The van der Waals surface area contributed by atoms with Crippen molar-refractivity contribution in [1.82, 2.24) is 15.5 Å². The van der Waals surface area contributed by atoms with Crippen molar-refractivity contribution in [1.29, 1.82) is 0 Å². The summed E-state index contributed by atoms with van der Waals surface area (Å²) >= 11 is 6.37. The van der Waals surface area contributed by atoms with Crippen LogP contribution in [0.15, 0.2) is 18.2 Å². The molecule has 102 valence electrons. The number of aromatic nitrogens is 2. The standard InChI is InChI=1S/C14H16ClN3.CH4/c1-2-9-3-4-10(12(15)7-9)14-11-8-16-6-5-13(11)17-18-14;/h3-4,7,16H,2,5-6,8H2,1H3,(H,17,18);1H4. The van der Waals surface area contributed by atoms with Crippen LogP contribution < -0.4 is 5.32 Å². The smallest absolute Gasteiger partial charge is 0.0983 e. The molecular weight excluding hydrogens is 258 g/mol. The van der Waals surface area contributed by atoms with Crippen molar-refractivity contribution in [2.45, 2.75) is 33.7 Å². The molecule has 0 fully saturated rings. The molecule has 0 atom stereocenters. The van der Waals surface area contributed by atoms with Gasteiger partial charge in [-0.05, 0) is 18.1 Å². The predicted molar refractivity (Wildman–Crippen MR) is 80.6 cm³/mol. The molecule has 3 rings (SSSR count). The van der Waals surface area contributed by atoms with E-state index in [1.54, 1.807) is 0 Å². The first-order chi connectivity index (χ1) is 8.79. The van der Waals surface area contributed by atoms with E-state index in [9.17, 15) is 0 Å². The largest absolute Gasteiger partial charge is 0.312 e. The van der Waals surface area contributed by atoms with E-state index in [4.69, 9.17) is 11.6 Å². The van der Waals surface area contributed by atoms with Gasteiger partial charge in [0, 0.05) is 36.3 Å². The topological polar surface area (TPSA) is 40.7 Å². The Bertz CT molecular complexity index is 575. The number of fused-ring (bicyclic) bond motifs is 1. The number of H-pyrrole nitrogens is 1. The molecule has 1 aliphatic heterocycles. The van der Waals surface area contributed by atoms with Crippen LogP contribution in [0.3, 0.4) is 0 Å². The summed E-state index contributed by atoms with van der Waals surface area (Å²) in [5.41, 5.74) is 5.76. The summed E-state index contributed by atoms with van der Waals surface area (Å²) in [5, 5.41) is 11.7. The minimum absolute atomic E-state index is 0. The molecular formula is C15H20ClN3. The summed E-state index contributed by atoms with van der Waals surface area (Å²) in [4.78, 5) is 0. The number of nitrogens with one attached hydrogen (secondary N) is 2. The minimum atomic E-state index is 0. The summed E-state index contributed by atoms with van der Waals surface area (Å²) in [6.45, 7) is 4.01. The number of benzene rings is 1. The number of halogens is 1. The average Bonchev–Trinajstić information content (AvgIpc) is 2.82. The molecule has 0 radical (unpaired) electrons. The summed E-state index contributed by atoms with van der Waals surface area (Å²) in [6.07, 6.45) is 2.01. The quantitative estimate of drug-likeness (QED) is 0.881. The second kappa shape index (κ2) is 5.76.